The van der Waals surface area contributed by atoms with Gasteiger partial charge < -0.3 is 10.7 Å². The summed E-state index contributed by atoms with van der Waals surface area (Å²) >= 11 is 1.44. The first-order valence-electron chi connectivity index (χ1n) is 4.89. The molecule has 0 bridgehead atoms. The van der Waals surface area contributed by atoms with Crippen molar-refractivity contribution in [3.05, 3.63) is 42.0 Å². The number of benzene rings is 1. The standard InChI is InChI=1S/C11H12FN3S/c1-7(13)9-6-8(12)2-3-10(9)16-11-14-4-5-15-11/h2-7H,13H2,1H3,(H,14,15)/t7-/m1/s1. The third kappa shape index (κ3) is 2.43. The SMILES string of the molecule is C[C@@H](N)c1cc(F)ccc1Sc1ncc[nH]1. The molecular formula is C11H12FN3S. The first-order valence-corrected chi connectivity index (χ1v) is 5.70. The molecule has 1 aromatic carbocycles. The van der Waals surface area contributed by atoms with Crippen LogP contribution >= 0.6 is 11.8 Å². The lowest BCUT2D eigenvalue weighted by molar-refractivity contribution is 0.619. The maximum absolute atomic E-state index is 13.1. The molecule has 0 fully saturated rings. The van der Waals surface area contributed by atoms with Gasteiger partial charge in [0.1, 0.15) is 5.82 Å². The van der Waals surface area contributed by atoms with E-state index in [2.05, 4.69) is 9.97 Å². The van der Waals surface area contributed by atoms with Gasteiger partial charge in [-0.3, -0.25) is 0 Å². The summed E-state index contributed by atoms with van der Waals surface area (Å²) in [6.07, 6.45) is 3.43. The minimum absolute atomic E-state index is 0.201. The normalized spacial score (nSPS) is 12.7. The van der Waals surface area contributed by atoms with Crippen molar-refractivity contribution in [3.8, 4) is 0 Å². The third-order valence-corrected chi connectivity index (χ3v) is 3.15. The van der Waals surface area contributed by atoms with Gasteiger partial charge in [-0.05, 0) is 30.7 Å². The molecular weight excluding hydrogens is 225 g/mol. The molecule has 0 spiro atoms. The molecule has 0 aliphatic rings. The van der Waals surface area contributed by atoms with Crippen LogP contribution in [0.15, 0.2) is 40.6 Å². The Bertz CT molecular complexity index is 468. The number of aromatic amines is 1. The van der Waals surface area contributed by atoms with Crippen LogP contribution in [0.3, 0.4) is 0 Å². The average Bonchev–Trinajstić information content (AvgIpc) is 2.73. The van der Waals surface area contributed by atoms with Crippen LogP contribution in [0.2, 0.25) is 0 Å². The third-order valence-electron chi connectivity index (χ3n) is 2.14. The molecule has 0 radical (unpaired) electrons. The lowest BCUT2D eigenvalue weighted by Crippen LogP contribution is -2.06. The van der Waals surface area contributed by atoms with Crippen LogP contribution in [-0.4, -0.2) is 9.97 Å². The maximum atomic E-state index is 13.1. The van der Waals surface area contributed by atoms with Gasteiger partial charge in [-0.15, -0.1) is 0 Å². The summed E-state index contributed by atoms with van der Waals surface area (Å²) in [5.74, 6) is -0.268. The molecule has 0 unspecified atom stereocenters. The summed E-state index contributed by atoms with van der Waals surface area (Å²) in [4.78, 5) is 8.01. The highest BCUT2D eigenvalue weighted by Crippen LogP contribution is 2.31. The van der Waals surface area contributed by atoms with Crippen molar-refractivity contribution >= 4 is 11.8 Å². The second-order valence-corrected chi connectivity index (χ2v) is 4.50. The van der Waals surface area contributed by atoms with Crippen LogP contribution < -0.4 is 5.73 Å². The quantitative estimate of drug-likeness (QED) is 0.863. The number of hydrogen-bond acceptors (Lipinski definition) is 3. The van der Waals surface area contributed by atoms with Crippen molar-refractivity contribution in [2.45, 2.75) is 23.0 Å². The summed E-state index contributed by atoms with van der Waals surface area (Å²) < 4.78 is 13.1. The average molecular weight is 237 g/mol. The van der Waals surface area contributed by atoms with Crippen LogP contribution in [0.25, 0.3) is 0 Å². The zero-order chi connectivity index (χ0) is 11.5. The summed E-state index contributed by atoms with van der Waals surface area (Å²) in [5.41, 5.74) is 6.59. The smallest absolute Gasteiger partial charge is 0.170 e. The highest BCUT2D eigenvalue weighted by atomic mass is 32.2. The first-order chi connectivity index (χ1) is 7.66. The number of H-pyrrole nitrogens is 1. The monoisotopic (exact) mass is 237 g/mol. The van der Waals surface area contributed by atoms with Crippen LogP contribution in [0.5, 0.6) is 0 Å². The van der Waals surface area contributed by atoms with Gasteiger partial charge in [0, 0.05) is 23.3 Å². The molecule has 0 saturated carbocycles. The predicted molar refractivity (Wildman–Crippen MR) is 61.7 cm³/mol. The number of aromatic nitrogens is 2. The molecule has 0 aliphatic heterocycles. The second kappa shape index (κ2) is 4.67. The minimum Gasteiger partial charge on any atom is -0.339 e. The summed E-state index contributed by atoms with van der Waals surface area (Å²) in [6.45, 7) is 1.83. The van der Waals surface area contributed by atoms with E-state index in [0.29, 0.717) is 0 Å². The van der Waals surface area contributed by atoms with Crippen LogP contribution in [0.4, 0.5) is 4.39 Å². The van der Waals surface area contributed by atoms with Gasteiger partial charge in [0.25, 0.3) is 0 Å². The van der Waals surface area contributed by atoms with E-state index in [1.54, 1.807) is 18.5 Å². The van der Waals surface area contributed by atoms with E-state index >= 15 is 0 Å². The Labute approximate surface area is 97.3 Å². The number of halogens is 1. The van der Waals surface area contributed by atoms with Gasteiger partial charge in [0.15, 0.2) is 5.16 Å². The van der Waals surface area contributed by atoms with E-state index in [4.69, 9.17) is 5.73 Å². The van der Waals surface area contributed by atoms with Crippen LogP contribution in [0.1, 0.15) is 18.5 Å². The largest absolute Gasteiger partial charge is 0.339 e. The van der Waals surface area contributed by atoms with Gasteiger partial charge in [0.2, 0.25) is 0 Å². The highest BCUT2D eigenvalue weighted by molar-refractivity contribution is 7.99. The van der Waals surface area contributed by atoms with Gasteiger partial charge in [-0.2, -0.15) is 0 Å². The molecule has 1 atom stereocenters. The first kappa shape index (κ1) is 11.2. The predicted octanol–water partition coefficient (Wildman–Crippen LogP) is 2.72. The number of nitrogens with one attached hydrogen (secondary N) is 1. The Morgan fingerprint density at radius 2 is 2.31 bits per heavy atom. The van der Waals surface area contributed by atoms with E-state index in [0.717, 1.165) is 15.6 Å². The lowest BCUT2D eigenvalue weighted by Gasteiger charge is -2.11. The van der Waals surface area contributed by atoms with Gasteiger partial charge in [-0.25, -0.2) is 9.37 Å². The lowest BCUT2D eigenvalue weighted by atomic mass is 10.1. The van der Waals surface area contributed by atoms with Crippen LogP contribution in [0, 0.1) is 5.82 Å². The molecule has 84 valence electrons. The van der Waals surface area contributed by atoms with Gasteiger partial charge in [0.05, 0.1) is 0 Å². The molecule has 1 heterocycles. The molecule has 0 saturated heterocycles. The summed E-state index contributed by atoms with van der Waals surface area (Å²) in [5, 5.41) is 0.772. The van der Waals surface area contributed by atoms with Crippen molar-refractivity contribution in [2.75, 3.05) is 0 Å². The zero-order valence-electron chi connectivity index (χ0n) is 8.77. The molecule has 2 aromatic rings. The molecule has 0 amide bonds. The topological polar surface area (TPSA) is 54.7 Å². The number of imidazole rings is 1. The zero-order valence-corrected chi connectivity index (χ0v) is 9.59. The van der Waals surface area contributed by atoms with Crippen molar-refractivity contribution in [1.82, 2.24) is 9.97 Å². The summed E-state index contributed by atoms with van der Waals surface area (Å²) in [7, 11) is 0. The number of hydrogen-bond donors (Lipinski definition) is 2. The van der Waals surface area contributed by atoms with E-state index in [-0.39, 0.29) is 11.9 Å². The van der Waals surface area contributed by atoms with E-state index in [9.17, 15) is 4.39 Å². The fourth-order valence-electron chi connectivity index (χ4n) is 1.38. The van der Waals surface area contributed by atoms with E-state index < -0.39 is 0 Å². The Hall–Kier alpha value is -1.33. The van der Waals surface area contributed by atoms with Crippen molar-refractivity contribution in [2.24, 2.45) is 5.73 Å². The molecule has 3 N–H and O–H groups in total. The van der Waals surface area contributed by atoms with E-state index in [1.165, 1.54) is 23.9 Å². The fourth-order valence-corrected chi connectivity index (χ4v) is 2.33. The minimum atomic E-state index is -0.268. The molecule has 16 heavy (non-hydrogen) atoms. The van der Waals surface area contributed by atoms with Gasteiger partial charge >= 0.3 is 0 Å². The Balaban J connectivity index is 2.33. The molecule has 1 aromatic heterocycles. The highest BCUT2D eigenvalue weighted by Gasteiger charge is 2.10. The molecule has 0 aliphatic carbocycles. The van der Waals surface area contributed by atoms with Crippen molar-refractivity contribution in [1.29, 1.82) is 0 Å². The van der Waals surface area contributed by atoms with Crippen molar-refractivity contribution in [3.63, 3.8) is 0 Å². The van der Waals surface area contributed by atoms with Crippen LogP contribution in [-0.2, 0) is 0 Å². The number of nitrogens with zero attached hydrogens (tertiary/aromatic N) is 1. The maximum Gasteiger partial charge on any atom is 0.170 e. The number of nitrogens with two attached hydrogens (primary N) is 1. The molecule has 2 rings (SSSR count). The second-order valence-electron chi connectivity index (χ2n) is 3.47. The summed E-state index contributed by atoms with van der Waals surface area (Å²) in [6, 6.07) is 4.42. The van der Waals surface area contributed by atoms with Gasteiger partial charge in [-0.1, -0.05) is 11.8 Å². The Morgan fingerprint density at radius 1 is 1.50 bits per heavy atom. The fraction of sp³-hybridized carbons (Fsp3) is 0.182. The molecule has 3 nitrogen and oxygen atoms in total. The van der Waals surface area contributed by atoms with Crippen molar-refractivity contribution < 1.29 is 4.39 Å². The number of rotatable bonds is 3. The molecule has 5 heteroatoms. The Morgan fingerprint density at radius 3 is 2.94 bits per heavy atom. The van der Waals surface area contributed by atoms with E-state index in [1.807, 2.05) is 6.92 Å². The Kier molecular flexibility index (Phi) is 3.26.